The Hall–Kier alpha value is -2.59. The van der Waals surface area contributed by atoms with Crippen LogP contribution in [0.4, 0.5) is 0 Å². The Balaban J connectivity index is 1.68. The van der Waals surface area contributed by atoms with Crippen LogP contribution in [0.5, 0.6) is 5.75 Å². The van der Waals surface area contributed by atoms with Crippen molar-refractivity contribution in [3.63, 3.8) is 0 Å². The Bertz CT molecular complexity index is 1020. The first-order valence-corrected chi connectivity index (χ1v) is 9.31. The number of halogens is 3. The number of benzene rings is 3. The van der Waals surface area contributed by atoms with Crippen LogP contribution in [0, 0.1) is 0 Å². The van der Waals surface area contributed by atoms with Gasteiger partial charge in [0.05, 0.1) is 5.56 Å². The van der Waals surface area contributed by atoms with Gasteiger partial charge in [-0.05, 0) is 72.8 Å². The van der Waals surface area contributed by atoms with Gasteiger partial charge in [0.1, 0.15) is 5.75 Å². The van der Waals surface area contributed by atoms with Gasteiger partial charge in [-0.25, -0.2) is 4.79 Å². The van der Waals surface area contributed by atoms with E-state index in [4.69, 9.17) is 39.5 Å². The van der Waals surface area contributed by atoms with Crippen LogP contribution in [0.15, 0.2) is 72.8 Å². The molecule has 0 atom stereocenters. The van der Waals surface area contributed by atoms with Gasteiger partial charge in [0.15, 0.2) is 5.78 Å². The van der Waals surface area contributed by atoms with Gasteiger partial charge in [0, 0.05) is 26.2 Å². The lowest BCUT2D eigenvalue weighted by atomic mass is 10.1. The number of carbonyl (C=O) groups excluding carboxylic acids is 2. The maximum Gasteiger partial charge on any atom is 0.343 e. The summed E-state index contributed by atoms with van der Waals surface area (Å²) in [6, 6.07) is 17.7. The summed E-state index contributed by atoms with van der Waals surface area (Å²) in [5.74, 6) is -0.412. The number of esters is 1. The molecule has 0 aliphatic carbocycles. The molecule has 0 heterocycles. The number of ether oxygens (including phenoxy) is 1. The molecule has 0 fully saturated rings. The molecule has 3 rings (SSSR count). The molecular formula is C22H13Cl3O3. The summed E-state index contributed by atoms with van der Waals surface area (Å²) in [6.45, 7) is 0. The molecule has 0 saturated carbocycles. The lowest BCUT2D eigenvalue weighted by Gasteiger charge is -2.05. The summed E-state index contributed by atoms with van der Waals surface area (Å²) in [4.78, 5) is 24.4. The Kier molecular flexibility index (Phi) is 6.53. The van der Waals surface area contributed by atoms with E-state index in [-0.39, 0.29) is 5.78 Å². The third-order valence-corrected chi connectivity index (χ3v) is 4.74. The normalized spacial score (nSPS) is 10.8. The van der Waals surface area contributed by atoms with E-state index in [1.165, 1.54) is 6.08 Å². The monoisotopic (exact) mass is 430 g/mol. The minimum Gasteiger partial charge on any atom is -0.423 e. The van der Waals surface area contributed by atoms with Gasteiger partial charge in [0.2, 0.25) is 0 Å². The van der Waals surface area contributed by atoms with Gasteiger partial charge < -0.3 is 4.74 Å². The highest BCUT2D eigenvalue weighted by Crippen LogP contribution is 2.25. The molecule has 0 spiro atoms. The number of hydrogen-bond acceptors (Lipinski definition) is 3. The SMILES string of the molecule is O=C(C=Cc1c(Cl)cccc1Cl)c1ccc(OC(=O)c2ccc(Cl)cc2)cc1. The highest BCUT2D eigenvalue weighted by Gasteiger charge is 2.10. The van der Waals surface area contributed by atoms with Gasteiger partial charge >= 0.3 is 5.97 Å². The Labute approximate surface area is 177 Å². The molecule has 0 unspecified atom stereocenters. The highest BCUT2D eigenvalue weighted by atomic mass is 35.5. The van der Waals surface area contributed by atoms with Crippen LogP contribution in [-0.4, -0.2) is 11.8 Å². The fourth-order valence-electron chi connectivity index (χ4n) is 2.36. The van der Waals surface area contributed by atoms with Crippen LogP contribution in [0.25, 0.3) is 6.08 Å². The minimum atomic E-state index is -0.510. The van der Waals surface area contributed by atoms with Crippen molar-refractivity contribution < 1.29 is 14.3 Å². The van der Waals surface area contributed by atoms with Crippen LogP contribution in [0.3, 0.4) is 0 Å². The maximum atomic E-state index is 12.3. The molecule has 0 aliphatic heterocycles. The molecular weight excluding hydrogens is 419 g/mol. The van der Waals surface area contributed by atoms with Crippen LogP contribution in [0.2, 0.25) is 15.1 Å². The smallest absolute Gasteiger partial charge is 0.343 e. The summed E-state index contributed by atoms with van der Waals surface area (Å²) >= 11 is 18.0. The molecule has 3 nitrogen and oxygen atoms in total. The van der Waals surface area contributed by atoms with Crippen LogP contribution >= 0.6 is 34.8 Å². The second kappa shape index (κ2) is 9.07. The minimum absolute atomic E-state index is 0.230. The van der Waals surface area contributed by atoms with Crippen molar-refractivity contribution in [3.8, 4) is 5.75 Å². The lowest BCUT2D eigenvalue weighted by molar-refractivity contribution is 0.0734. The van der Waals surface area contributed by atoms with Crippen molar-refractivity contribution in [2.24, 2.45) is 0 Å². The molecule has 0 aliphatic rings. The first-order valence-electron chi connectivity index (χ1n) is 8.18. The quantitative estimate of drug-likeness (QED) is 0.194. The fraction of sp³-hybridized carbons (Fsp3) is 0. The van der Waals surface area contributed by atoms with Crippen LogP contribution < -0.4 is 4.74 Å². The second-order valence-electron chi connectivity index (χ2n) is 5.75. The molecule has 0 aromatic heterocycles. The second-order valence-corrected chi connectivity index (χ2v) is 7.00. The zero-order valence-electron chi connectivity index (χ0n) is 14.4. The van der Waals surface area contributed by atoms with E-state index in [9.17, 15) is 9.59 Å². The topological polar surface area (TPSA) is 43.4 Å². The van der Waals surface area contributed by atoms with E-state index in [1.54, 1.807) is 72.8 Å². The summed E-state index contributed by atoms with van der Waals surface area (Å²) in [6.07, 6.45) is 2.96. The number of allylic oxidation sites excluding steroid dienone is 1. The van der Waals surface area contributed by atoms with Crippen molar-refractivity contribution in [2.45, 2.75) is 0 Å². The van der Waals surface area contributed by atoms with Gasteiger partial charge in [-0.3, -0.25) is 4.79 Å². The third kappa shape index (κ3) is 5.02. The largest absolute Gasteiger partial charge is 0.423 e. The molecule has 3 aromatic rings. The van der Waals surface area contributed by atoms with Crippen molar-refractivity contribution >= 4 is 52.6 Å². The first-order chi connectivity index (χ1) is 13.4. The predicted molar refractivity (Wildman–Crippen MR) is 113 cm³/mol. The van der Waals surface area contributed by atoms with E-state index in [0.717, 1.165) is 0 Å². The summed E-state index contributed by atoms with van der Waals surface area (Å²) < 4.78 is 5.29. The van der Waals surface area contributed by atoms with E-state index < -0.39 is 5.97 Å². The van der Waals surface area contributed by atoms with Crippen molar-refractivity contribution in [1.29, 1.82) is 0 Å². The zero-order chi connectivity index (χ0) is 20.1. The third-order valence-electron chi connectivity index (χ3n) is 3.83. The highest BCUT2D eigenvalue weighted by molar-refractivity contribution is 6.37. The fourth-order valence-corrected chi connectivity index (χ4v) is 3.01. The van der Waals surface area contributed by atoms with E-state index in [1.807, 2.05) is 0 Å². The first kappa shape index (κ1) is 20.2. The lowest BCUT2D eigenvalue weighted by Crippen LogP contribution is -2.08. The van der Waals surface area contributed by atoms with Gasteiger partial charge in [-0.1, -0.05) is 40.9 Å². The summed E-state index contributed by atoms with van der Waals surface area (Å²) in [5.41, 5.74) is 1.39. The molecule has 140 valence electrons. The Morgan fingerprint density at radius 1 is 0.750 bits per heavy atom. The van der Waals surface area contributed by atoms with Gasteiger partial charge in [0.25, 0.3) is 0 Å². The molecule has 0 radical (unpaired) electrons. The zero-order valence-corrected chi connectivity index (χ0v) is 16.6. The molecule has 0 amide bonds. The standard InChI is InChI=1S/C22H13Cl3O3/c23-16-8-4-15(5-9-16)22(27)28-17-10-6-14(7-11-17)21(26)13-12-18-19(24)2-1-3-20(18)25/h1-13H. The number of ketones is 1. The van der Waals surface area contributed by atoms with Crippen molar-refractivity contribution in [2.75, 3.05) is 0 Å². The summed E-state index contributed by atoms with van der Waals surface area (Å²) in [7, 11) is 0. The van der Waals surface area contributed by atoms with E-state index in [0.29, 0.717) is 37.5 Å². The number of carbonyl (C=O) groups is 2. The maximum absolute atomic E-state index is 12.3. The molecule has 0 N–H and O–H groups in total. The molecule has 3 aromatic carbocycles. The summed E-state index contributed by atoms with van der Waals surface area (Å²) in [5, 5.41) is 1.45. The van der Waals surface area contributed by atoms with Crippen LogP contribution in [0.1, 0.15) is 26.3 Å². The Morgan fingerprint density at radius 2 is 1.32 bits per heavy atom. The average Bonchev–Trinajstić information content (AvgIpc) is 2.68. The number of rotatable bonds is 5. The number of hydrogen-bond donors (Lipinski definition) is 0. The molecule has 0 saturated heterocycles. The van der Waals surface area contributed by atoms with Gasteiger partial charge in [-0.15, -0.1) is 0 Å². The van der Waals surface area contributed by atoms with Gasteiger partial charge in [-0.2, -0.15) is 0 Å². The van der Waals surface area contributed by atoms with Crippen molar-refractivity contribution in [1.82, 2.24) is 0 Å². The Morgan fingerprint density at radius 3 is 1.93 bits per heavy atom. The average molecular weight is 432 g/mol. The van der Waals surface area contributed by atoms with Crippen molar-refractivity contribution in [3.05, 3.63) is 105 Å². The molecule has 28 heavy (non-hydrogen) atoms. The van der Waals surface area contributed by atoms with E-state index >= 15 is 0 Å². The molecule has 0 bridgehead atoms. The molecule has 6 heteroatoms. The van der Waals surface area contributed by atoms with E-state index in [2.05, 4.69) is 0 Å². The predicted octanol–water partition coefficient (Wildman–Crippen LogP) is 6.76. The van der Waals surface area contributed by atoms with Crippen LogP contribution in [-0.2, 0) is 0 Å².